The van der Waals surface area contributed by atoms with Gasteiger partial charge in [0.25, 0.3) is 0 Å². The predicted octanol–water partition coefficient (Wildman–Crippen LogP) is 8.15. The Kier molecular flexibility index (Phi) is 7.96. The Hall–Kier alpha value is -1.40. The molecule has 6 heteroatoms. The highest BCUT2D eigenvalue weighted by molar-refractivity contribution is 5.91. The summed E-state index contributed by atoms with van der Waals surface area (Å²) in [5.41, 5.74) is -0.261. The SMILES string of the molecule is C[C@@H]1CC2=CC(=O)CC[C@@H]2C2CC[C@@]3(C)C(C[C@@H](F)[C@]3(C)O)C21.C[C@@H]1CC2=CC(=O)CC[C@@H]2C2CC[C@@]3(C)C(C[C@H](F)[C@]3(C)O)C21. The molecule has 0 saturated heterocycles. The average molecular weight is 641 g/mol. The first-order chi connectivity index (χ1) is 21.5. The van der Waals surface area contributed by atoms with Crippen LogP contribution in [-0.4, -0.2) is 45.3 Å². The van der Waals surface area contributed by atoms with Gasteiger partial charge in [0.1, 0.15) is 12.3 Å². The maximum absolute atomic E-state index is 14.6. The molecule has 2 N–H and O–H groups in total. The van der Waals surface area contributed by atoms with Crippen molar-refractivity contribution in [1.29, 1.82) is 0 Å². The summed E-state index contributed by atoms with van der Waals surface area (Å²) in [5.74, 6) is 5.32. The zero-order valence-corrected chi connectivity index (χ0v) is 29.0. The Morgan fingerprint density at radius 2 is 1.02 bits per heavy atom. The summed E-state index contributed by atoms with van der Waals surface area (Å²) in [6.45, 7) is 12.2. The number of fused-ring (bicyclic) bond motifs is 10. The second kappa shape index (κ2) is 11.1. The molecule has 256 valence electrons. The van der Waals surface area contributed by atoms with Crippen LogP contribution in [0.2, 0.25) is 0 Å². The third-order valence-corrected chi connectivity index (χ3v) is 16.5. The van der Waals surface area contributed by atoms with Gasteiger partial charge in [0.05, 0.1) is 11.2 Å². The summed E-state index contributed by atoms with van der Waals surface area (Å²) in [5, 5.41) is 21.7. The van der Waals surface area contributed by atoms with Crippen molar-refractivity contribution >= 4 is 11.6 Å². The lowest BCUT2D eigenvalue weighted by atomic mass is 9.48. The van der Waals surface area contributed by atoms with Gasteiger partial charge in [-0.25, -0.2) is 8.78 Å². The summed E-state index contributed by atoms with van der Waals surface area (Å²) < 4.78 is 29.2. The van der Waals surface area contributed by atoms with Gasteiger partial charge in [-0.3, -0.25) is 9.59 Å². The minimum atomic E-state index is -1.19. The predicted molar refractivity (Wildman–Crippen MR) is 175 cm³/mol. The highest BCUT2D eigenvalue weighted by Gasteiger charge is 2.67. The van der Waals surface area contributed by atoms with E-state index in [0.29, 0.717) is 73.0 Å². The molecule has 8 aliphatic carbocycles. The summed E-state index contributed by atoms with van der Waals surface area (Å²) >= 11 is 0. The molecular formula is C40H58F2O4. The Morgan fingerprint density at radius 3 is 1.39 bits per heavy atom. The number of hydrogen-bond donors (Lipinski definition) is 2. The Balaban J connectivity index is 0.000000147. The molecule has 46 heavy (non-hydrogen) atoms. The summed E-state index contributed by atoms with van der Waals surface area (Å²) in [6, 6.07) is 0. The zero-order chi connectivity index (χ0) is 33.1. The number of alkyl halides is 2. The lowest BCUT2D eigenvalue weighted by Crippen LogP contribution is -2.54. The molecule has 6 saturated carbocycles. The van der Waals surface area contributed by atoms with Crippen LogP contribution in [0.5, 0.6) is 0 Å². The van der Waals surface area contributed by atoms with E-state index in [0.717, 1.165) is 51.4 Å². The fourth-order valence-electron chi connectivity index (χ4n) is 13.6. The number of hydrogen-bond acceptors (Lipinski definition) is 4. The molecule has 16 atom stereocenters. The molecule has 0 heterocycles. The molecule has 0 aliphatic heterocycles. The van der Waals surface area contributed by atoms with E-state index in [1.54, 1.807) is 13.8 Å². The lowest BCUT2D eigenvalue weighted by molar-refractivity contribution is -0.132. The number of halogens is 2. The maximum atomic E-state index is 14.6. The monoisotopic (exact) mass is 640 g/mol. The molecule has 6 fully saturated rings. The van der Waals surface area contributed by atoms with Gasteiger partial charge < -0.3 is 10.2 Å². The van der Waals surface area contributed by atoms with Crippen molar-refractivity contribution in [2.75, 3.05) is 0 Å². The number of ketones is 2. The van der Waals surface area contributed by atoms with E-state index < -0.39 is 23.5 Å². The van der Waals surface area contributed by atoms with Gasteiger partial charge in [0, 0.05) is 23.7 Å². The molecule has 0 radical (unpaired) electrons. The number of aliphatic hydroxyl groups is 2. The molecule has 0 spiro atoms. The minimum absolute atomic E-state index is 0.278. The summed E-state index contributed by atoms with van der Waals surface area (Å²) in [4.78, 5) is 23.6. The summed E-state index contributed by atoms with van der Waals surface area (Å²) in [6.07, 6.45) is 11.9. The Morgan fingerprint density at radius 1 is 0.652 bits per heavy atom. The number of rotatable bonds is 0. The fraction of sp³-hybridized carbons (Fsp3) is 0.850. The molecule has 0 aromatic carbocycles. The van der Waals surface area contributed by atoms with Crippen molar-refractivity contribution in [2.45, 2.75) is 142 Å². The molecule has 0 amide bonds. The van der Waals surface area contributed by atoms with E-state index in [1.165, 1.54) is 11.1 Å². The van der Waals surface area contributed by atoms with Gasteiger partial charge in [0.2, 0.25) is 0 Å². The number of allylic oxidation sites excluding steroid dienone is 2. The van der Waals surface area contributed by atoms with Crippen molar-refractivity contribution in [2.24, 2.45) is 70.0 Å². The van der Waals surface area contributed by atoms with Crippen LogP contribution in [0.4, 0.5) is 8.78 Å². The average Bonchev–Trinajstić information content (AvgIpc) is 3.28. The summed E-state index contributed by atoms with van der Waals surface area (Å²) in [7, 11) is 0. The van der Waals surface area contributed by atoms with Crippen LogP contribution in [0, 0.1) is 70.0 Å². The van der Waals surface area contributed by atoms with Gasteiger partial charge in [-0.05, 0) is 149 Å². The first-order valence-electron chi connectivity index (χ1n) is 18.7. The fourth-order valence-corrected chi connectivity index (χ4v) is 13.6. The van der Waals surface area contributed by atoms with Crippen LogP contribution in [0.25, 0.3) is 0 Å². The molecule has 4 nitrogen and oxygen atoms in total. The second-order valence-electron chi connectivity index (χ2n) is 18.3. The van der Waals surface area contributed by atoms with Crippen molar-refractivity contribution in [3.05, 3.63) is 23.3 Å². The first-order valence-corrected chi connectivity index (χ1v) is 18.7. The van der Waals surface area contributed by atoms with E-state index in [9.17, 15) is 28.6 Å². The van der Waals surface area contributed by atoms with Gasteiger partial charge in [-0.15, -0.1) is 0 Å². The van der Waals surface area contributed by atoms with Crippen LogP contribution in [0.3, 0.4) is 0 Å². The van der Waals surface area contributed by atoms with Crippen molar-refractivity contribution in [3.63, 3.8) is 0 Å². The van der Waals surface area contributed by atoms with E-state index in [-0.39, 0.29) is 34.2 Å². The molecule has 0 aromatic rings. The molecule has 0 aromatic heterocycles. The lowest BCUT2D eigenvalue weighted by Gasteiger charge is -2.57. The highest BCUT2D eigenvalue weighted by atomic mass is 19.1. The first kappa shape index (κ1) is 33.1. The van der Waals surface area contributed by atoms with Gasteiger partial charge in [0.15, 0.2) is 11.6 Å². The third kappa shape index (κ3) is 4.60. The Labute approximate surface area is 275 Å². The van der Waals surface area contributed by atoms with Gasteiger partial charge in [-0.1, -0.05) is 38.8 Å². The topological polar surface area (TPSA) is 74.6 Å². The van der Waals surface area contributed by atoms with E-state index >= 15 is 0 Å². The minimum Gasteiger partial charge on any atom is -0.387 e. The standard InChI is InChI=1S/2C20H29FO2/c2*1-11-8-12-9-13(22)4-5-14(12)15-6-7-19(2)16(18(11)15)10-17(21)20(19,3)23/h2*9,11,14-18,23H,4-8,10H2,1-3H3/t11-,14+,15?,16?,17+,18?,19+,20+;11-,14+,15?,16?,17-,18?,19+,20+/m11/s1. The van der Waals surface area contributed by atoms with Gasteiger partial charge in [-0.2, -0.15) is 0 Å². The van der Waals surface area contributed by atoms with Crippen LogP contribution < -0.4 is 0 Å². The van der Waals surface area contributed by atoms with Crippen molar-refractivity contribution in [3.8, 4) is 0 Å². The van der Waals surface area contributed by atoms with E-state index in [2.05, 4.69) is 27.7 Å². The maximum Gasteiger partial charge on any atom is 0.155 e. The van der Waals surface area contributed by atoms with Crippen LogP contribution in [0.1, 0.15) is 119 Å². The van der Waals surface area contributed by atoms with Crippen LogP contribution in [0.15, 0.2) is 23.3 Å². The Bertz CT molecular complexity index is 1230. The number of carbonyl (C=O) groups is 2. The quantitative estimate of drug-likeness (QED) is 0.280. The highest BCUT2D eigenvalue weighted by Crippen LogP contribution is 2.68. The molecule has 8 rings (SSSR count). The molecule has 8 aliphatic rings. The molecule has 0 bridgehead atoms. The van der Waals surface area contributed by atoms with Gasteiger partial charge >= 0.3 is 0 Å². The third-order valence-electron chi connectivity index (χ3n) is 16.5. The molecule has 6 unspecified atom stereocenters. The normalized spacial score (nSPS) is 55.7. The molecular weight excluding hydrogens is 582 g/mol. The van der Waals surface area contributed by atoms with E-state index in [4.69, 9.17) is 0 Å². The smallest absolute Gasteiger partial charge is 0.155 e. The second-order valence-corrected chi connectivity index (χ2v) is 18.3. The van der Waals surface area contributed by atoms with Crippen LogP contribution in [-0.2, 0) is 9.59 Å². The number of carbonyl (C=O) groups excluding carboxylic acids is 2. The van der Waals surface area contributed by atoms with E-state index in [1.807, 2.05) is 12.2 Å². The zero-order valence-electron chi connectivity index (χ0n) is 29.0. The van der Waals surface area contributed by atoms with Crippen molar-refractivity contribution in [1.82, 2.24) is 0 Å². The van der Waals surface area contributed by atoms with Crippen molar-refractivity contribution < 1.29 is 28.6 Å². The van der Waals surface area contributed by atoms with Crippen LogP contribution >= 0.6 is 0 Å². The largest absolute Gasteiger partial charge is 0.387 e.